The smallest absolute Gasteiger partial charge is 0.258 e. The van der Waals surface area contributed by atoms with Gasteiger partial charge in [-0.25, -0.2) is 8.42 Å². The molecule has 0 aromatic heterocycles. The van der Waals surface area contributed by atoms with Gasteiger partial charge in [-0.3, -0.25) is 10.1 Å². The highest BCUT2D eigenvalue weighted by Crippen LogP contribution is 2.44. The van der Waals surface area contributed by atoms with E-state index < -0.39 is 20.3 Å². The van der Waals surface area contributed by atoms with Gasteiger partial charge in [-0.05, 0) is 46.4 Å². The summed E-state index contributed by atoms with van der Waals surface area (Å²) in [7, 11) is -3.73. The largest absolute Gasteiger partial charge is 0.269 e. The molecule has 1 heterocycles. The third kappa shape index (κ3) is 2.94. The van der Waals surface area contributed by atoms with Crippen LogP contribution in [-0.2, 0) is 22.9 Å². The van der Waals surface area contributed by atoms with Crippen LogP contribution >= 0.6 is 11.8 Å². The number of sulfonamides is 1. The molecule has 1 aliphatic heterocycles. The molecule has 6 nitrogen and oxygen atoms in total. The number of nitrogens with zero attached hydrogens (tertiary/aromatic N) is 2. The minimum Gasteiger partial charge on any atom is -0.258 e. The van der Waals surface area contributed by atoms with Crippen molar-refractivity contribution in [2.75, 3.05) is 12.3 Å². The van der Waals surface area contributed by atoms with Gasteiger partial charge in [0.05, 0.1) is 15.2 Å². The summed E-state index contributed by atoms with van der Waals surface area (Å²) in [5.74, 6) is 0.654. The third-order valence-corrected chi connectivity index (χ3v) is 8.99. The number of hydrogen-bond acceptors (Lipinski definition) is 5. The maximum absolute atomic E-state index is 13.7. The average molecular weight is 427 g/mol. The SMILES string of the molecule is O=[N+]([O-])c1cccc(C2SCCN2S(=O)(=O)c2ccc3cccc4c3c2CC4)c1. The Morgan fingerprint density at radius 2 is 1.90 bits per heavy atom. The Labute approximate surface area is 172 Å². The van der Waals surface area contributed by atoms with Gasteiger partial charge in [0.25, 0.3) is 5.69 Å². The standard InChI is InChI=1S/C21H18N2O4S2/c24-23(25)17-6-2-5-16(13-17)21-22(11-12-28-21)29(26,27)19-10-8-15-4-1-3-14-7-9-18(19)20(14)15/h1-6,8,10,13,21H,7,9,11-12H2. The molecule has 0 radical (unpaired) electrons. The fourth-order valence-electron chi connectivity index (χ4n) is 4.36. The van der Waals surface area contributed by atoms with Gasteiger partial charge in [0.2, 0.25) is 10.0 Å². The van der Waals surface area contributed by atoms with Crippen LogP contribution in [0.3, 0.4) is 0 Å². The lowest BCUT2D eigenvalue weighted by Crippen LogP contribution is -2.31. The fourth-order valence-corrected chi connectivity index (χ4v) is 7.84. The summed E-state index contributed by atoms with van der Waals surface area (Å²) in [5.41, 5.74) is 2.71. The molecule has 1 atom stereocenters. The van der Waals surface area contributed by atoms with Gasteiger partial charge in [0, 0.05) is 24.4 Å². The Bertz CT molecular complexity index is 1260. The first-order valence-electron chi connectivity index (χ1n) is 9.38. The van der Waals surface area contributed by atoms with Crippen LogP contribution in [0.25, 0.3) is 10.8 Å². The molecule has 3 aromatic carbocycles. The summed E-state index contributed by atoms with van der Waals surface area (Å²) in [4.78, 5) is 11.1. The zero-order chi connectivity index (χ0) is 20.2. The molecule has 1 unspecified atom stereocenters. The normalized spacial score (nSPS) is 19.1. The highest BCUT2D eigenvalue weighted by Gasteiger charge is 2.39. The van der Waals surface area contributed by atoms with Gasteiger partial charge in [0.1, 0.15) is 0 Å². The second-order valence-corrected chi connectivity index (χ2v) is 10.3. The zero-order valence-electron chi connectivity index (χ0n) is 15.4. The van der Waals surface area contributed by atoms with E-state index in [0.717, 1.165) is 22.8 Å². The Morgan fingerprint density at radius 3 is 2.72 bits per heavy atom. The van der Waals surface area contributed by atoms with Crippen molar-refractivity contribution in [3.05, 3.63) is 81.4 Å². The molecule has 2 aliphatic rings. The van der Waals surface area contributed by atoms with Gasteiger partial charge >= 0.3 is 0 Å². The molecule has 1 saturated heterocycles. The van der Waals surface area contributed by atoms with Crippen molar-refractivity contribution in [3.8, 4) is 0 Å². The molecule has 8 heteroatoms. The number of hydrogen-bond donors (Lipinski definition) is 0. The first-order valence-corrected chi connectivity index (χ1v) is 11.9. The molecule has 1 aliphatic carbocycles. The van der Waals surface area contributed by atoms with Crippen molar-refractivity contribution in [3.63, 3.8) is 0 Å². The summed E-state index contributed by atoms with van der Waals surface area (Å²) >= 11 is 1.50. The number of non-ortho nitro benzene ring substituents is 1. The quantitative estimate of drug-likeness (QED) is 0.459. The third-order valence-electron chi connectivity index (χ3n) is 5.64. The van der Waals surface area contributed by atoms with Crippen LogP contribution in [0, 0.1) is 10.1 Å². The maximum Gasteiger partial charge on any atom is 0.269 e. The molecule has 5 rings (SSSR count). The molecule has 0 N–H and O–H groups in total. The molecule has 0 saturated carbocycles. The summed E-state index contributed by atoms with van der Waals surface area (Å²) in [6, 6.07) is 16.0. The predicted molar refractivity (Wildman–Crippen MR) is 114 cm³/mol. The van der Waals surface area contributed by atoms with Crippen molar-refractivity contribution in [1.82, 2.24) is 4.31 Å². The van der Waals surface area contributed by atoms with Crippen LogP contribution in [0.4, 0.5) is 5.69 Å². The molecule has 148 valence electrons. The number of nitro benzene ring substituents is 1. The monoisotopic (exact) mass is 426 g/mol. The first-order chi connectivity index (χ1) is 14.0. The zero-order valence-corrected chi connectivity index (χ0v) is 17.1. The van der Waals surface area contributed by atoms with Crippen molar-refractivity contribution in [2.24, 2.45) is 0 Å². The molecule has 29 heavy (non-hydrogen) atoms. The van der Waals surface area contributed by atoms with Crippen LogP contribution in [-0.4, -0.2) is 29.9 Å². The second-order valence-electron chi connectivity index (χ2n) is 7.25. The first kappa shape index (κ1) is 18.6. The van der Waals surface area contributed by atoms with Crippen LogP contribution in [0.2, 0.25) is 0 Å². The van der Waals surface area contributed by atoms with E-state index in [-0.39, 0.29) is 5.69 Å². The number of benzene rings is 3. The van der Waals surface area contributed by atoms with Crippen molar-refractivity contribution in [1.29, 1.82) is 0 Å². The minimum absolute atomic E-state index is 0.0266. The number of rotatable bonds is 4. The van der Waals surface area contributed by atoms with Gasteiger partial charge < -0.3 is 0 Å². The van der Waals surface area contributed by atoms with E-state index in [2.05, 4.69) is 6.07 Å². The summed E-state index contributed by atoms with van der Waals surface area (Å²) in [6.45, 7) is 0.388. The van der Waals surface area contributed by atoms with Gasteiger partial charge in [0.15, 0.2) is 0 Å². The molecular formula is C21H18N2O4S2. The van der Waals surface area contributed by atoms with E-state index in [4.69, 9.17) is 0 Å². The number of nitro groups is 1. The Hall–Kier alpha value is -2.42. The van der Waals surface area contributed by atoms with E-state index in [9.17, 15) is 18.5 Å². The topological polar surface area (TPSA) is 80.5 Å². The number of aryl methyl sites for hydroxylation is 2. The Kier molecular flexibility index (Phi) is 4.38. The van der Waals surface area contributed by atoms with E-state index in [1.165, 1.54) is 33.8 Å². The molecular weight excluding hydrogens is 408 g/mol. The Morgan fingerprint density at radius 1 is 1.07 bits per heavy atom. The van der Waals surface area contributed by atoms with E-state index in [1.807, 2.05) is 18.2 Å². The van der Waals surface area contributed by atoms with Crippen LogP contribution in [0.5, 0.6) is 0 Å². The summed E-state index contributed by atoms with van der Waals surface area (Å²) < 4.78 is 28.8. The van der Waals surface area contributed by atoms with E-state index in [1.54, 1.807) is 18.2 Å². The molecule has 0 bridgehead atoms. The molecule has 3 aromatic rings. The van der Waals surface area contributed by atoms with Crippen LogP contribution in [0.15, 0.2) is 59.5 Å². The lowest BCUT2D eigenvalue weighted by Gasteiger charge is -2.24. The van der Waals surface area contributed by atoms with Crippen molar-refractivity contribution >= 4 is 38.2 Å². The highest BCUT2D eigenvalue weighted by atomic mass is 32.2. The molecule has 1 fully saturated rings. The van der Waals surface area contributed by atoms with E-state index in [0.29, 0.717) is 29.2 Å². The van der Waals surface area contributed by atoms with Crippen LogP contribution < -0.4 is 0 Å². The van der Waals surface area contributed by atoms with Crippen LogP contribution in [0.1, 0.15) is 22.1 Å². The van der Waals surface area contributed by atoms with Gasteiger partial charge in [-0.1, -0.05) is 36.4 Å². The van der Waals surface area contributed by atoms with Gasteiger partial charge in [-0.15, -0.1) is 11.8 Å². The maximum atomic E-state index is 13.7. The average Bonchev–Trinajstić information content (AvgIpc) is 3.38. The molecule has 0 amide bonds. The minimum atomic E-state index is -3.73. The van der Waals surface area contributed by atoms with Gasteiger partial charge in [-0.2, -0.15) is 4.31 Å². The van der Waals surface area contributed by atoms with Crippen molar-refractivity contribution < 1.29 is 13.3 Å². The fraction of sp³-hybridized carbons (Fsp3) is 0.238. The number of thioether (sulfide) groups is 1. The van der Waals surface area contributed by atoms with E-state index >= 15 is 0 Å². The van der Waals surface area contributed by atoms with Crippen molar-refractivity contribution in [2.45, 2.75) is 23.1 Å². The lowest BCUT2D eigenvalue weighted by molar-refractivity contribution is -0.384. The predicted octanol–water partition coefficient (Wildman–Crippen LogP) is 4.28. The highest BCUT2D eigenvalue weighted by molar-refractivity contribution is 8.01. The molecule has 0 spiro atoms. The summed E-state index contributed by atoms with van der Waals surface area (Å²) in [5, 5.41) is 12.8. The lowest BCUT2D eigenvalue weighted by atomic mass is 10.1. The Balaban J connectivity index is 1.60. The second kappa shape index (κ2) is 6.83. The summed E-state index contributed by atoms with van der Waals surface area (Å²) in [6.07, 6.45) is 1.57.